The van der Waals surface area contributed by atoms with Crippen LogP contribution in [0.15, 0.2) is 18.2 Å². The van der Waals surface area contributed by atoms with Crippen molar-refractivity contribution in [2.75, 3.05) is 20.8 Å². The lowest BCUT2D eigenvalue weighted by atomic mass is 9.94. The zero-order valence-corrected chi connectivity index (χ0v) is 13.8. The maximum absolute atomic E-state index is 6.17. The normalized spacial score (nSPS) is 24.0. The Morgan fingerprint density at radius 1 is 1.24 bits per heavy atom. The number of ether oxygens (including phenoxy) is 2. The second-order valence-corrected chi connectivity index (χ2v) is 6.18. The Morgan fingerprint density at radius 3 is 2.71 bits per heavy atom. The minimum atomic E-state index is 0.257. The molecule has 0 amide bonds. The zero-order chi connectivity index (χ0) is 15.2. The molecule has 0 saturated heterocycles. The van der Waals surface area contributed by atoms with Crippen LogP contribution in [0.3, 0.4) is 0 Å². The third-order valence-corrected chi connectivity index (χ3v) is 4.57. The molecule has 1 saturated carbocycles. The summed E-state index contributed by atoms with van der Waals surface area (Å²) in [7, 11) is 3.81. The van der Waals surface area contributed by atoms with Crippen molar-refractivity contribution in [2.24, 2.45) is 0 Å². The van der Waals surface area contributed by atoms with Gasteiger partial charge in [0, 0.05) is 7.11 Å². The molecule has 0 radical (unpaired) electrons. The van der Waals surface area contributed by atoms with E-state index in [4.69, 9.17) is 9.47 Å². The highest BCUT2D eigenvalue weighted by atomic mass is 16.5. The third-order valence-electron chi connectivity index (χ3n) is 4.57. The van der Waals surface area contributed by atoms with E-state index in [0.717, 1.165) is 19.4 Å². The number of methoxy groups -OCH3 is 1. The van der Waals surface area contributed by atoms with Gasteiger partial charge in [-0.2, -0.15) is 0 Å². The summed E-state index contributed by atoms with van der Waals surface area (Å²) >= 11 is 0. The zero-order valence-electron chi connectivity index (χ0n) is 13.8. The van der Waals surface area contributed by atoms with E-state index in [9.17, 15) is 0 Å². The lowest BCUT2D eigenvalue weighted by Gasteiger charge is -2.30. The third kappa shape index (κ3) is 4.53. The highest BCUT2D eigenvalue weighted by molar-refractivity contribution is 5.33. The van der Waals surface area contributed by atoms with E-state index < -0.39 is 0 Å². The molecule has 0 aromatic heterocycles. The molecule has 2 rings (SSSR count). The van der Waals surface area contributed by atoms with Crippen molar-refractivity contribution >= 4 is 0 Å². The van der Waals surface area contributed by atoms with Gasteiger partial charge in [0.25, 0.3) is 0 Å². The van der Waals surface area contributed by atoms with Crippen molar-refractivity contribution in [3.8, 4) is 0 Å². The molecule has 0 aliphatic heterocycles. The number of rotatable bonds is 6. The molecule has 3 unspecified atom stereocenters. The minimum Gasteiger partial charge on any atom is -0.381 e. The number of benzene rings is 1. The fourth-order valence-electron chi connectivity index (χ4n) is 3.16. The van der Waals surface area contributed by atoms with E-state index in [1.807, 2.05) is 7.05 Å². The fourth-order valence-corrected chi connectivity index (χ4v) is 3.16. The number of likely N-dealkylation sites (N-methyl/N-ethyl adjacent to an activating group) is 1. The van der Waals surface area contributed by atoms with Crippen LogP contribution in [-0.2, 0) is 9.47 Å². The van der Waals surface area contributed by atoms with Gasteiger partial charge in [-0.15, -0.1) is 0 Å². The number of hydrogen-bond acceptors (Lipinski definition) is 3. The first kappa shape index (κ1) is 16.5. The minimum absolute atomic E-state index is 0.257. The molecule has 3 nitrogen and oxygen atoms in total. The Kier molecular flexibility index (Phi) is 6.22. The fraction of sp³-hybridized carbons (Fsp3) is 0.667. The molecule has 1 aliphatic rings. The van der Waals surface area contributed by atoms with Crippen molar-refractivity contribution in [3.05, 3.63) is 34.9 Å². The Balaban J connectivity index is 1.94. The van der Waals surface area contributed by atoms with Gasteiger partial charge in [0.15, 0.2) is 0 Å². The van der Waals surface area contributed by atoms with Crippen molar-refractivity contribution in [1.82, 2.24) is 5.32 Å². The standard InChI is InChI=1S/C18H29NO2/c1-13-8-9-14(2)17(10-13)18(19-3)12-21-16-7-5-6-15(11-16)20-4/h8-10,15-16,18-19H,5-7,11-12H2,1-4H3. The second-order valence-electron chi connectivity index (χ2n) is 6.18. The van der Waals surface area contributed by atoms with Gasteiger partial charge in [-0.3, -0.25) is 0 Å². The van der Waals surface area contributed by atoms with E-state index in [-0.39, 0.29) is 6.04 Å². The highest BCUT2D eigenvalue weighted by Gasteiger charge is 2.23. The molecule has 1 aromatic rings. The van der Waals surface area contributed by atoms with E-state index in [1.165, 1.54) is 29.5 Å². The van der Waals surface area contributed by atoms with Crippen LogP contribution in [0.4, 0.5) is 0 Å². The van der Waals surface area contributed by atoms with Crippen LogP contribution in [0.2, 0.25) is 0 Å². The Hall–Kier alpha value is -0.900. The quantitative estimate of drug-likeness (QED) is 0.869. The average Bonchev–Trinajstić information content (AvgIpc) is 2.51. The van der Waals surface area contributed by atoms with Crippen molar-refractivity contribution in [1.29, 1.82) is 0 Å². The maximum Gasteiger partial charge on any atom is 0.0665 e. The van der Waals surface area contributed by atoms with Crippen LogP contribution in [0.1, 0.15) is 48.4 Å². The Morgan fingerprint density at radius 2 is 2.00 bits per heavy atom. The first-order valence-electron chi connectivity index (χ1n) is 8.02. The van der Waals surface area contributed by atoms with Crippen LogP contribution in [-0.4, -0.2) is 33.0 Å². The summed E-state index contributed by atoms with van der Waals surface area (Å²) in [6.07, 6.45) is 5.27. The number of nitrogens with one attached hydrogen (secondary N) is 1. The monoisotopic (exact) mass is 291 g/mol. The molecule has 1 aliphatic carbocycles. The molecule has 0 spiro atoms. The van der Waals surface area contributed by atoms with Gasteiger partial charge in [0.1, 0.15) is 0 Å². The molecule has 118 valence electrons. The van der Waals surface area contributed by atoms with Gasteiger partial charge in [0.05, 0.1) is 24.9 Å². The lowest BCUT2D eigenvalue weighted by Crippen LogP contribution is -2.31. The molecule has 0 heterocycles. The summed E-state index contributed by atoms with van der Waals surface area (Å²) in [4.78, 5) is 0. The Labute approximate surface area is 129 Å². The van der Waals surface area contributed by atoms with Gasteiger partial charge in [0.2, 0.25) is 0 Å². The molecular weight excluding hydrogens is 262 g/mol. The van der Waals surface area contributed by atoms with Crippen LogP contribution in [0, 0.1) is 13.8 Å². The van der Waals surface area contributed by atoms with E-state index in [2.05, 4.69) is 37.4 Å². The molecule has 1 fully saturated rings. The van der Waals surface area contributed by atoms with E-state index in [0.29, 0.717) is 12.2 Å². The molecule has 1 N–H and O–H groups in total. The smallest absolute Gasteiger partial charge is 0.0665 e. The first-order chi connectivity index (χ1) is 10.1. The summed E-state index contributed by atoms with van der Waals surface area (Å²) in [5.74, 6) is 0. The summed E-state index contributed by atoms with van der Waals surface area (Å²) < 4.78 is 11.7. The van der Waals surface area contributed by atoms with Crippen molar-refractivity contribution in [3.63, 3.8) is 0 Å². The topological polar surface area (TPSA) is 30.5 Å². The van der Waals surface area contributed by atoms with Crippen LogP contribution in [0.5, 0.6) is 0 Å². The molecule has 3 atom stereocenters. The predicted molar refractivity (Wildman–Crippen MR) is 86.7 cm³/mol. The summed E-state index contributed by atoms with van der Waals surface area (Å²) in [6.45, 7) is 5.03. The summed E-state index contributed by atoms with van der Waals surface area (Å²) in [5.41, 5.74) is 3.96. The van der Waals surface area contributed by atoms with Crippen LogP contribution < -0.4 is 5.32 Å². The summed E-state index contributed by atoms with van der Waals surface area (Å²) in [5, 5.41) is 3.39. The number of aryl methyl sites for hydroxylation is 2. The SMILES string of the molecule is CNC(COC1CCCC(OC)C1)c1cc(C)ccc1C. The molecule has 21 heavy (non-hydrogen) atoms. The van der Waals surface area contributed by atoms with Crippen LogP contribution in [0.25, 0.3) is 0 Å². The van der Waals surface area contributed by atoms with E-state index >= 15 is 0 Å². The van der Waals surface area contributed by atoms with Crippen LogP contribution >= 0.6 is 0 Å². The molecule has 0 bridgehead atoms. The predicted octanol–water partition coefficient (Wildman–Crippen LogP) is 3.54. The van der Waals surface area contributed by atoms with Gasteiger partial charge in [-0.1, -0.05) is 23.8 Å². The average molecular weight is 291 g/mol. The largest absolute Gasteiger partial charge is 0.381 e. The molecule has 1 aromatic carbocycles. The Bertz CT molecular complexity index is 447. The first-order valence-corrected chi connectivity index (χ1v) is 8.02. The van der Waals surface area contributed by atoms with Gasteiger partial charge >= 0.3 is 0 Å². The van der Waals surface area contributed by atoms with E-state index in [1.54, 1.807) is 7.11 Å². The van der Waals surface area contributed by atoms with Gasteiger partial charge < -0.3 is 14.8 Å². The second kappa shape index (κ2) is 7.92. The van der Waals surface area contributed by atoms with Crippen molar-refractivity contribution < 1.29 is 9.47 Å². The maximum atomic E-state index is 6.17. The van der Waals surface area contributed by atoms with Gasteiger partial charge in [-0.05, 0) is 57.7 Å². The highest BCUT2D eigenvalue weighted by Crippen LogP contribution is 2.25. The summed E-state index contributed by atoms with van der Waals surface area (Å²) in [6, 6.07) is 6.87. The van der Waals surface area contributed by atoms with Gasteiger partial charge in [-0.25, -0.2) is 0 Å². The van der Waals surface area contributed by atoms with Crippen molar-refractivity contribution in [2.45, 2.75) is 57.8 Å². The number of hydrogen-bond donors (Lipinski definition) is 1. The lowest BCUT2D eigenvalue weighted by molar-refractivity contribution is -0.0352. The molecule has 3 heteroatoms. The molecular formula is C18H29NO2.